The summed E-state index contributed by atoms with van der Waals surface area (Å²) in [5.41, 5.74) is 7.85. The van der Waals surface area contributed by atoms with Crippen LogP contribution in [0.4, 0.5) is 0 Å². The summed E-state index contributed by atoms with van der Waals surface area (Å²) in [7, 11) is 0. The predicted molar refractivity (Wildman–Crippen MR) is 67.3 cm³/mol. The molecule has 0 aliphatic rings. The van der Waals surface area contributed by atoms with Crippen LogP contribution in [0.3, 0.4) is 0 Å². The number of hydrogen-bond donors (Lipinski definition) is 2. The second kappa shape index (κ2) is 4.59. The van der Waals surface area contributed by atoms with Crippen LogP contribution >= 0.6 is 0 Å². The van der Waals surface area contributed by atoms with Crippen molar-refractivity contribution in [1.82, 2.24) is 4.57 Å². The van der Waals surface area contributed by atoms with Gasteiger partial charge in [-0.1, -0.05) is 19.1 Å². The normalized spacial score (nSPS) is 10.9. The highest BCUT2D eigenvalue weighted by atomic mass is 16.4. The zero-order valence-corrected chi connectivity index (χ0v) is 9.81. The van der Waals surface area contributed by atoms with Crippen molar-refractivity contribution in [3.05, 3.63) is 35.5 Å². The lowest BCUT2D eigenvalue weighted by Gasteiger charge is -2.05. The van der Waals surface area contributed by atoms with Crippen LogP contribution in [0.5, 0.6) is 0 Å². The van der Waals surface area contributed by atoms with Crippen LogP contribution < -0.4 is 5.73 Å². The summed E-state index contributed by atoms with van der Waals surface area (Å²) in [5, 5.41) is 10.2. The molecule has 0 saturated carbocycles. The highest BCUT2D eigenvalue weighted by molar-refractivity contribution is 6.03. The Morgan fingerprint density at radius 1 is 1.47 bits per heavy atom. The number of fused-ring (bicyclic) bond motifs is 1. The first-order valence-corrected chi connectivity index (χ1v) is 5.73. The smallest absolute Gasteiger partial charge is 0.337 e. The molecule has 3 N–H and O–H groups in total. The molecule has 2 rings (SSSR count). The first-order valence-electron chi connectivity index (χ1n) is 5.73. The van der Waals surface area contributed by atoms with Gasteiger partial charge in [-0.3, -0.25) is 0 Å². The Hall–Kier alpha value is -1.81. The predicted octanol–water partition coefficient (Wildman–Crippen LogP) is 1.86. The van der Waals surface area contributed by atoms with E-state index in [9.17, 15) is 9.90 Å². The lowest BCUT2D eigenvalue weighted by molar-refractivity contribution is 0.0698. The summed E-state index contributed by atoms with van der Waals surface area (Å²) < 4.78 is 1.94. The lowest BCUT2D eigenvalue weighted by Crippen LogP contribution is -2.10. The van der Waals surface area contributed by atoms with Gasteiger partial charge in [-0.15, -0.1) is 0 Å². The molecule has 4 nitrogen and oxygen atoms in total. The lowest BCUT2D eigenvalue weighted by atomic mass is 10.1. The van der Waals surface area contributed by atoms with E-state index in [2.05, 4.69) is 6.92 Å². The van der Waals surface area contributed by atoms with Crippen LogP contribution in [-0.2, 0) is 13.0 Å². The van der Waals surface area contributed by atoms with Gasteiger partial charge in [0.25, 0.3) is 0 Å². The molecule has 17 heavy (non-hydrogen) atoms. The Kier molecular flexibility index (Phi) is 3.15. The van der Waals surface area contributed by atoms with Gasteiger partial charge in [-0.05, 0) is 18.1 Å². The van der Waals surface area contributed by atoms with Gasteiger partial charge in [0.15, 0.2) is 0 Å². The van der Waals surface area contributed by atoms with Crippen molar-refractivity contribution in [1.29, 1.82) is 0 Å². The maximum absolute atomic E-state index is 11.2. The van der Waals surface area contributed by atoms with Gasteiger partial charge in [-0.25, -0.2) is 4.79 Å². The number of para-hydroxylation sites is 1. The summed E-state index contributed by atoms with van der Waals surface area (Å²) in [6, 6.07) is 5.39. The maximum atomic E-state index is 11.2. The van der Waals surface area contributed by atoms with E-state index in [-0.39, 0.29) is 0 Å². The summed E-state index contributed by atoms with van der Waals surface area (Å²) in [6.45, 7) is 3.21. The average Bonchev–Trinajstić information content (AvgIpc) is 2.68. The standard InChI is InChI=1S/C13H16N2O2/c1-2-9-8-15(7-6-14)12-10(9)4-3-5-11(12)13(16)17/h3-5,8H,2,6-7,14H2,1H3,(H,16,17). The molecule has 0 fully saturated rings. The monoisotopic (exact) mass is 232 g/mol. The van der Waals surface area contributed by atoms with Crippen molar-refractivity contribution in [2.24, 2.45) is 5.73 Å². The van der Waals surface area contributed by atoms with Crippen molar-refractivity contribution in [3.63, 3.8) is 0 Å². The third-order valence-electron chi connectivity index (χ3n) is 2.96. The Morgan fingerprint density at radius 3 is 2.82 bits per heavy atom. The van der Waals surface area contributed by atoms with Gasteiger partial charge >= 0.3 is 5.97 Å². The molecule has 90 valence electrons. The van der Waals surface area contributed by atoms with E-state index in [0.717, 1.165) is 22.9 Å². The molecule has 0 atom stereocenters. The van der Waals surface area contributed by atoms with E-state index >= 15 is 0 Å². The van der Waals surface area contributed by atoms with Crippen LogP contribution in [0.15, 0.2) is 24.4 Å². The number of nitrogens with two attached hydrogens (primary N) is 1. The number of aryl methyl sites for hydroxylation is 1. The van der Waals surface area contributed by atoms with E-state index in [4.69, 9.17) is 5.73 Å². The third-order valence-corrected chi connectivity index (χ3v) is 2.96. The molecule has 2 aromatic rings. The number of aromatic carboxylic acids is 1. The zero-order chi connectivity index (χ0) is 12.4. The third kappa shape index (κ3) is 1.91. The van der Waals surface area contributed by atoms with E-state index in [1.807, 2.05) is 16.8 Å². The Labute approximate surface area is 99.7 Å². The van der Waals surface area contributed by atoms with Crippen molar-refractivity contribution in [2.45, 2.75) is 19.9 Å². The number of carboxylic acid groups (broad SMARTS) is 1. The molecule has 0 aliphatic heterocycles. The van der Waals surface area contributed by atoms with Gasteiger partial charge < -0.3 is 15.4 Å². The topological polar surface area (TPSA) is 68.2 Å². The van der Waals surface area contributed by atoms with E-state index in [1.54, 1.807) is 12.1 Å². The minimum Gasteiger partial charge on any atom is -0.478 e. The summed E-state index contributed by atoms with van der Waals surface area (Å²) >= 11 is 0. The molecule has 0 saturated heterocycles. The Bertz CT molecular complexity index is 558. The number of carbonyl (C=O) groups is 1. The molecule has 1 aromatic heterocycles. The van der Waals surface area contributed by atoms with E-state index in [0.29, 0.717) is 18.7 Å². The van der Waals surface area contributed by atoms with Gasteiger partial charge in [0.2, 0.25) is 0 Å². The van der Waals surface area contributed by atoms with Gasteiger partial charge in [0, 0.05) is 24.7 Å². The Morgan fingerprint density at radius 2 is 2.24 bits per heavy atom. The summed E-state index contributed by atoms with van der Waals surface area (Å²) in [4.78, 5) is 11.2. The minimum absolute atomic E-state index is 0.343. The molecule has 0 unspecified atom stereocenters. The fourth-order valence-corrected chi connectivity index (χ4v) is 2.20. The van der Waals surface area contributed by atoms with Gasteiger partial charge in [0.1, 0.15) is 0 Å². The number of aromatic nitrogens is 1. The van der Waals surface area contributed by atoms with Crippen molar-refractivity contribution < 1.29 is 9.90 Å². The van der Waals surface area contributed by atoms with Crippen LogP contribution in [0.1, 0.15) is 22.8 Å². The van der Waals surface area contributed by atoms with Crippen LogP contribution in [0.25, 0.3) is 10.9 Å². The van der Waals surface area contributed by atoms with E-state index < -0.39 is 5.97 Å². The average molecular weight is 232 g/mol. The fraction of sp³-hybridized carbons (Fsp3) is 0.308. The first kappa shape index (κ1) is 11.7. The van der Waals surface area contributed by atoms with Gasteiger partial charge in [0.05, 0.1) is 11.1 Å². The number of hydrogen-bond acceptors (Lipinski definition) is 2. The molecular weight excluding hydrogens is 216 g/mol. The molecule has 4 heteroatoms. The second-order valence-corrected chi connectivity index (χ2v) is 4.00. The number of carboxylic acids is 1. The van der Waals surface area contributed by atoms with E-state index in [1.165, 1.54) is 0 Å². The van der Waals surface area contributed by atoms with Crippen LogP contribution in [0.2, 0.25) is 0 Å². The highest BCUT2D eigenvalue weighted by Crippen LogP contribution is 2.25. The molecule has 1 heterocycles. The van der Waals surface area contributed by atoms with Crippen molar-refractivity contribution in [3.8, 4) is 0 Å². The van der Waals surface area contributed by atoms with Crippen LogP contribution in [0, 0.1) is 0 Å². The molecule has 0 spiro atoms. The van der Waals surface area contributed by atoms with Crippen LogP contribution in [-0.4, -0.2) is 22.2 Å². The number of rotatable bonds is 4. The van der Waals surface area contributed by atoms with Crippen molar-refractivity contribution >= 4 is 16.9 Å². The minimum atomic E-state index is -0.894. The molecule has 0 bridgehead atoms. The number of nitrogens with zero attached hydrogens (tertiary/aromatic N) is 1. The summed E-state index contributed by atoms with van der Waals surface area (Å²) in [5.74, 6) is -0.894. The zero-order valence-electron chi connectivity index (χ0n) is 9.81. The molecule has 0 aliphatic carbocycles. The quantitative estimate of drug-likeness (QED) is 0.845. The fourth-order valence-electron chi connectivity index (χ4n) is 2.20. The SMILES string of the molecule is CCc1cn(CCN)c2c(C(=O)O)cccc12. The van der Waals surface area contributed by atoms with Crippen molar-refractivity contribution in [2.75, 3.05) is 6.54 Å². The summed E-state index contributed by atoms with van der Waals surface area (Å²) in [6.07, 6.45) is 2.89. The molecule has 0 amide bonds. The molecule has 1 aromatic carbocycles. The number of benzene rings is 1. The molecular formula is C13H16N2O2. The first-order chi connectivity index (χ1) is 8.19. The molecule has 0 radical (unpaired) electrons. The second-order valence-electron chi connectivity index (χ2n) is 4.00. The maximum Gasteiger partial charge on any atom is 0.337 e. The van der Waals surface area contributed by atoms with Gasteiger partial charge in [-0.2, -0.15) is 0 Å². The largest absolute Gasteiger partial charge is 0.478 e. The highest BCUT2D eigenvalue weighted by Gasteiger charge is 2.14. The Balaban J connectivity index is 2.76.